The average molecular weight is 273 g/mol. The Bertz CT molecular complexity index is 649. The van der Waals surface area contributed by atoms with Crippen LogP contribution in [0.2, 0.25) is 0 Å². The lowest BCUT2D eigenvalue weighted by molar-refractivity contribution is -0.138. The van der Waals surface area contributed by atoms with Crippen molar-refractivity contribution in [2.45, 2.75) is 39.7 Å². The molecular formula is C16H19NO3. The van der Waals surface area contributed by atoms with E-state index in [0.717, 1.165) is 22.2 Å². The van der Waals surface area contributed by atoms with Crippen LogP contribution in [0.15, 0.2) is 24.3 Å². The minimum absolute atomic E-state index is 0.118. The molecule has 0 spiro atoms. The van der Waals surface area contributed by atoms with Crippen molar-refractivity contribution in [2.75, 3.05) is 0 Å². The number of carbonyl (C=O) groups is 1. The molecular weight excluding hydrogens is 254 g/mol. The number of pyridine rings is 1. The van der Waals surface area contributed by atoms with Gasteiger partial charge >= 0.3 is 5.97 Å². The lowest BCUT2D eigenvalue weighted by atomic mass is 10.0. The summed E-state index contributed by atoms with van der Waals surface area (Å²) in [4.78, 5) is 15.6. The zero-order valence-corrected chi connectivity index (χ0v) is 12.2. The number of carboxylic acids is 1. The van der Waals surface area contributed by atoms with Gasteiger partial charge in [0.1, 0.15) is 5.75 Å². The zero-order chi connectivity index (χ0) is 14.9. The fourth-order valence-electron chi connectivity index (χ4n) is 2.18. The molecule has 4 heteroatoms. The SMILES string of the molecule is Cc1cc2cc(OC(C)C)ccc2nc1C(C)C(=O)O. The van der Waals surface area contributed by atoms with Gasteiger partial charge in [0.15, 0.2) is 0 Å². The van der Waals surface area contributed by atoms with Crippen molar-refractivity contribution in [3.05, 3.63) is 35.5 Å². The molecule has 0 aliphatic heterocycles. The Morgan fingerprint density at radius 2 is 1.95 bits per heavy atom. The Balaban J connectivity index is 2.48. The molecule has 0 aliphatic carbocycles. The molecule has 0 saturated heterocycles. The number of aliphatic carboxylic acids is 1. The zero-order valence-electron chi connectivity index (χ0n) is 12.2. The molecule has 1 N–H and O–H groups in total. The van der Waals surface area contributed by atoms with Crippen LogP contribution < -0.4 is 4.74 Å². The molecule has 0 amide bonds. The Hall–Kier alpha value is -2.10. The molecule has 1 aromatic heterocycles. The summed E-state index contributed by atoms with van der Waals surface area (Å²) in [5.74, 6) is -0.668. The fourth-order valence-corrected chi connectivity index (χ4v) is 2.18. The molecule has 0 saturated carbocycles. The lowest BCUT2D eigenvalue weighted by Gasteiger charge is -2.13. The third kappa shape index (κ3) is 2.90. The van der Waals surface area contributed by atoms with E-state index < -0.39 is 11.9 Å². The molecule has 1 heterocycles. The number of hydrogen-bond acceptors (Lipinski definition) is 3. The van der Waals surface area contributed by atoms with Crippen LogP contribution in [0.5, 0.6) is 5.75 Å². The first-order chi connectivity index (χ1) is 9.38. The van der Waals surface area contributed by atoms with Crippen LogP contribution in [0.4, 0.5) is 0 Å². The number of fused-ring (bicyclic) bond motifs is 1. The van der Waals surface area contributed by atoms with Crippen molar-refractivity contribution in [1.29, 1.82) is 0 Å². The monoisotopic (exact) mass is 273 g/mol. The maximum atomic E-state index is 11.1. The minimum atomic E-state index is -0.861. The van der Waals surface area contributed by atoms with E-state index in [1.165, 1.54) is 0 Å². The van der Waals surface area contributed by atoms with Crippen molar-refractivity contribution in [3.8, 4) is 5.75 Å². The van der Waals surface area contributed by atoms with Gasteiger partial charge in [0.25, 0.3) is 0 Å². The van der Waals surface area contributed by atoms with Gasteiger partial charge in [-0.25, -0.2) is 0 Å². The highest BCUT2D eigenvalue weighted by Gasteiger charge is 2.18. The number of aromatic nitrogens is 1. The summed E-state index contributed by atoms with van der Waals surface area (Å²) in [6.45, 7) is 7.49. The molecule has 0 aliphatic rings. The normalized spacial score (nSPS) is 12.7. The summed E-state index contributed by atoms with van der Waals surface area (Å²) >= 11 is 0. The van der Waals surface area contributed by atoms with Gasteiger partial charge in [-0.05, 0) is 57.5 Å². The third-order valence-corrected chi connectivity index (χ3v) is 3.17. The molecule has 0 bridgehead atoms. The van der Waals surface area contributed by atoms with Crippen molar-refractivity contribution >= 4 is 16.9 Å². The summed E-state index contributed by atoms with van der Waals surface area (Å²) in [6.07, 6.45) is 0.118. The van der Waals surface area contributed by atoms with Crippen molar-refractivity contribution in [2.24, 2.45) is 0 Å². The second kappa shape index (κ2) is 5.49. The van der Waals surface area contributed by atoms with E-state index >= 15 is 0 Å². The summed E-state index contributed by atoms with van der Waals surface area (Å²) in [7, 11) is 0. The van der Waals surface area contributed by atoms with Crippen molar-refractivity contribution < 1.29 is 14.6 Å². The third-order valence-electron chi connectivity index (χ3n) is 3.17. The second-order valence-electron chi connectivity index (χ2n) is 5.27. The maximum absolute atomic E-state index is 11.1. The van der Waals surface area contributed by atoms with E-state index in [0.29, 0.717) is 5.69 Å². The summed E-state index contributed by atoms with van der Waals surface area (Å²) in [5, 5.41) is 10.1. The van der Waals surface area contributed by atoms with Gasteiger partial charge in [0.05, 0.1) is 23.2 Å². The van der Waals surface area contributed by atoms with Crippen LogP contribution in [0.1, 0.15) is 37.9 Å². The topological polar surface area (TPSA) is 59.4 Å². The first kappa shape index (κ1) is 14.3. The van der Waals surface area contributed by atoms with Crippen LogP contribution in [0, 0.1) is 6.92 Å². The van der Waals surface area contributed by atoms with E-state index in [1.807, 2.05) is 45.0 Å². The summed E-state index contributed by atoms with van der Waals surface area (Å²) in [5.41, 5.74) is 2.28. The van der Waals surface area contributed by atoms with Crippen molar-refractivity contribution in [1.82, 2.24) is 4.98 Å². The molecule has 106 valence electrons. The Morgan fingerprint density at radius 3 is 2.55 bits per heavy atom. The lowest BCUT2D eigenvalue weighted by Crippen LogP contribution is -2.11. The van der Waals surface area contributed by atoms with Gasteiger partial charge in [-0.2, -0.15) is 0 Å². The van der Waals surface area contributed by atoms with Crippen LogP contribution >= 0.6 is 0 Å². The Morgan fingerprint density at radius 1 is 1.25 bits per heavy atom. The average Bonchev–Trinajstić information content (AvgIpc) is 2.36. The fraction of sp³-hybridized carbons (Fsp3) is 0.375. The van der Waals surface area contributed by atoms with E-state index in [-0.39, 0.29) is 6.10 Å². The predicted octanol–water partition coefficient (Wildman–Crippen LogP) is 3.52. The molecule has 20 heavy (non-hydrogen) atoms. The molecule has 1 aromatic carbocycles. The number of ether oxygens (including phenoxy) is 1. The molecule has 2 rings (SSSR count). The second-order valence-corrected chi connectivity index (χ2v) is 5.27. The quantitative estimate of drug-likeness (QED) is 0.926. The number of rotatable bonds is 4. The van der Waals surface area contributed by atoms with Crippen LogP contribution in [0.3, 0.4) is 0 Å². The van der Waals surface area contributed by atoms with Crippen LogP contribution in [0.25, 0.3) is 10.9 Å². The predicted molar refractivity (Wildman–Crippen MR) is 78.3 cm³/mol. The van der Waals surface area contributed by atoms with Crippen LogP contribution in [-0.2, 0) is 4.79 Å². The number of nitrogens with zero attached hydrogens (tertiary/aromatic N) is 1. The minimum Gasteiger partial charge on any atom is -0.491 e. The molecule has 4 nitrogen and oxygen atoms in total. The molecule has 0 fully saturated rings. The first-order valence-corrected chi connectivity index (χ1v) is 6.69. The van der Waals surface area contributed by atoms with Gasteiger partial charge in [0, 0.05) is 5.39 Å². The highest BCUT2D eigenvalue weighted by molar-refractivity contribution is 5.83. The molecule has 1 unspecified atom stereocenters. The summed E-state index contributed by atoms with van der Waals surface area (Å²) < 4.78 is 5.66. The molecule has 1 atom stereocenters. The standard InChI is InChI=1S/C16H19NO3/c1-9(2)20-13-5-6-14-12(8-13)7-10(3)15(17-14)11(4)16(18)19/h5-9,11H,1-4H3,(H,18,19). The van der Waals surface area contributed by atoms with Gasteiger partial charge < -0.3 is 9.84 Å². The molecule has 0 radical (unpaired) electrons. The van der Waals surface area contributed by atoms with E-state index in [4.69, 9.17) is 9.84 Å². The first-order valence-electron chi connectivity index (χ1n) is 6.69. The smallest absolute Gasteiger partial charge is 0.312 e. The van der Waals surface area contributed by atoms with Gasteiger partial charge in [-0.15, -0.1) is 0 Å². The largest absolute Gasteiger partial charge is 0.491 e. The highest BCUT2D eigenvalue weighted by Crippen LogP contribution is 2.26. The van der Waals surface area contributed by atoms with Crippen LogP contribution in [-0.4, -0.2) is 22.2 Å². The molecule has 2 aromatic rings. The number of hydrogen-bond donors (Lipinski definition) is 1. The number of benzene rings is 1. The van der Waals surface area contributed by atoms with Gasteiger partial charge in [0.2, 0.25) is 0 Å². The Kier molecular flexibility index (Phi) is 3.93. The van der Waals surface area contributed by atoms with Gasteiger partial charge in [-0.3, -0.25) is 9.78 Å². The van der Waals surface area contributed by atoms with Gasteiger partial charge in [-0.1, -0.05) is 0 Å². The maximum Gasteiger partial charge on any atom is 0.312 e. The van der Waals surface area contributed by atoms with Crippen molar-refractivity contribution in [3.63, 3.8) is 0 Å². The van der Waals surface area contributed by atoms with E-state index in [1.54, 1.807) is 6.92 Å². The highest BCUT2D eigenvalue weighted by atomic mass is 16.5. The van der Waals surface area contributed by atoms with E-state index in [2.05, 4.69) is 4.98 Å². The summed E-state index contributed by atoms with van der Waals surface area (Å²) in [6, 6.07) is 7.62. The number of aryl methyl sites for hydroxylation is 1. The number of carboxylic acid groups (broad SMARTS) is 1. The van der Waals surface area contributed by atoms with E-state index in [9.17, 15) is 4.79 Å². The Labute approximate surface area is 118 Å².